The molecule has 0 aliphatic rings. The molecule has 0 heterocycles. The van der Waals surface area contributed by atoms with Crippen LogP contribution in [-0.4, -0.2) is 22.3 Å². The highest BCUT2D eigenvalue weighted by atomic mass is 16.4. The van der Waals surface area contributed by atoms with Gasteiger partial charge in [0.05, 0.1) is 6.10 Å². The van der Waals surface area contributed by atoms with Crippen LogP contribution < -0.4 is 0 Å². The Morgan fingerprint density at radius 3 is 2.22 bits per heavy atom. The van der Waals surface area contributed by atoms with E-state index in [1.807, 2.05) is 18.2 Å². The summed E-state index contributed by atoms with van der Waals surface area (Å²) in [5.74, 6) is -0.715. The molecule has 0 saturated carbocycles. The molecule has 0 aliphatic carbocycles. The molecule has 0 fully saturated rings. The van der Waals surface area contributed by atoms with Crippen LogP contribution in [0.25, 0.3) is 0 Å². The minimum Gasteiger partial charge on any atom is -0.481 e. The van der Waals surface area contributed by atoms with Crippen molar-refractivity contribution in [1.29, 1.82) is 0 Å². The molecule has 1 unspecified atom stereocenters. The molecule has 0 aromatic rings. The Morgan fingerprint density at radius 1 is 0.913 bits per heavy atom. The number of hydrogen-bond donors (Lipinski definition) is 2. The second-order valence-corrected chi connectivity index (χ2v) is 5.92. The summed E-state index contributed by atoms with van der Waals surface area (Å²) < 4.78 is 0. The van der Waals surface area contributed by atoms with Crippen molar-refractivity contribution in [2.75, 3.05) is 0 Å². The average molecular weight is 322 g/mol. The zero-order valence-electron chi connectivity index (χ0n) is 14.6. The fraction of sp³-hybridized carbons (Fsp3) is 0.650. The van der Waals surface area contributed by atoms with E-state index in [9.17, 15) is 9.90 Å². The zero-order valence-corrected chi connectivity index (χ0v) is 14.6. The summed E-state index contributed by atoms with van der Waals surface area (Å²) in [7, 11) is 0. The van der Waals surface area contributed by atoms with Gasteiger partial charge in [0.1, 0.15) is 0 Å². The molecule has 0 amide bonds. The van der Waals surface area contributed by atoms with Gasteiger partial charge in [-0.3, -0.25) is 4.79 Å². The molecule has 0 spiro atoms. The molecule has 2 N–H and O–H groups in total. The van der Waals surface area contributed by atoms with Gasteiger partial charge in [0.25, 0.3) is 0 Å². The summed E-state index contributed by atoms with van der Waals surface area (Å²) in [5, 5.41) is 18.2. The summed E-state index contributed by atoms with van der Waals surface area (Å²) in [4.78, 5) is 10.3. The van der Waals surface area contributed by atoms with E-state index < -0.39 is 5.97 Å². The van der Waals surface area contributed by atoms with Crippen LogP contribution in [0, 0.1) is 0 Å². The maximum absolute atomic E-state index is 10.3. The molecular weight excluding hydrogens is 288 g/mol. The quantitative estimate of drug-likeness (QED) is 0.241. The molecule has 0 aromatic carbocycles. The molecule has 0 aromatic heterocycles. The standard InChI is InChI=1S/C20H34O3/c1-2-3-13-16-19(21)17-14-11-9-7-5-4-6-8-10-12-15-18-20(22)23/h8-11,14,17,19,21H,2-7,12-13,15-16,18H2,1H3,(H,22,23). The summed E-state index contributed by atoms with van der Waals surface area (Å²) >= 11 is 0. The van der Waals surface area contributed by atoms with Crippen LogP contribution in [-0.2, 0) is 4.79 Å². The summed E-state index contributed by atoms with van der Waals surface area (Å²) in [5.41, 5.74) is 0. The van der Waals surface area contributed by atoms with E-state index >= 15 is 0 Å². The van der Waals surface area contributed by atoms with Crippen LogP contribution in [0.4, 0.5) is 0 Å². The molecule has 0 rings (SSSR count). The van der Waals surface area contributed by atoms with Crippen molar-refractivity contribution in [3.63, 3.8) is 0 Å². The van der Waals surface area contributed by atoms with Crippen LogP contribution in [0.1, 0.15) is 77.6 Å². The van der Waals surface area contributed by atoms with E-state index in [4.69, 9.17) is 5.11 Å². The van der Waals surface area contributed by atoms with Gasteiger partial charge in [-0.15, -0.1) is 0 Å². The van der Waals surface area contributed by atoms with Gasteiger partial charge in [-0.2, -0.15) is 0 Å². The summed E-state index contributed by atoms with van der Waals surface area (Å²) in [6.45, 7) is 2.17. The van der Waals surface area contributed by atoms with E-state index in [0.717, 1.165) is 51.4 Å². The zero-order chi connectivity index (χ0) is 17.2. The molecule has 23 heavy (non-hydrogen) atoms. The Hall–Kier alpha value is -1.35. The van der Waals surface area contributed by atoms with Gasteiger partial charge in [0.15, 0.2) is 0 Å². The van der Waals surface area contributed by atoms with E-state index in [2.05, 4.69) is 25.2 Å². The molecule has 132 valence electrons. The van der Waals surface area contributed by atoms with Gasteiger partial charge in [-0.25, -0.2) is 0 Å². The molecule has 0 aliphatic heterocycles. The third kappa shape index (κ3) is 18.6. The van der Waals surface area contributed by atoms with Crippen molar-refractivity contribution in [2.45, 2.75) is 83.7 Å². The number of carboxylic acid groups (broad SMARTS) is 1. The number of carboxylic acids is 1. The van der Waals surface area contributed by atoms with Crippen molar-refractivity contribution in [3.8, 4) is 0 Å². The Labute approximate surface area is 141 Å². The number of rotatable bonds is 15. The minimum atomic E-state index is -0.715. The monoisotopic (exact) mass is 322 g/mol. The fourth-order valence-corrected chi connectivity index (χ4v) is 2.20. The highest BCUT2D eigenvalue weighted by Crippen LogP contribution is 2.05. The molecular formula is C20H34O3. The minimum absolute atomic E-state index is 0.260. The van der Waals surface area contributed by atoms with E-state index in [1.165, 1.54) is 12.8 Å². The predicted molar refractivity (Wildman–Crippen MR) is 97.5 cm³/mol. The molecule has 3 heteroatoms. The average Bonchev–Trinajstić information content (AvgIpc) is 2.51. The first kappa shape index (κ1) is 21.6. The molecule has 0 radical (unpaired) electrons. The van der Waals surface area contributed by atoms with Gasteiger partial charge in [0, 0.05) is 6.42 Å². The number of aliphatic hydroxyl groups is 1. The van der Waals surface area contributed by atoms with Gasteiger partial charge >= 0.3 is 5.97 Å². The van der Waals surface area contributed by atoms with Gasteiger partial charge in [-0.1, -0.05) is 62.6 Å². The Balaban J connectivity index is 3.43. The third-order valence-electron chi connectivity index (χ3n) is 3.60. The van der Waals surface area contributed by atoms with Crippen LogP contribution in [0.3, 0.4) is 0 Å². The van der Waals surface area contributed by atoms with E-state index in [-0.39, 0.29) is 12.5 Å². The Morgan fingerprint density at radius 2 is 1.57 bits per heavy atom. The van der Waals surface area contributed by atoms with Crippen molar-refractivity contribution in [2.24, 2.45) is 0 Å². The summed E-state index contributed by atoms with van der Waals surface area (Å²) in [6.07, 6.45) is 22.5. The lowest BCUT2D eigenvalue weighted by Gasteiger charge is -2.03. The Kier molecular flexibility index (Phi) is 16.0. The van der Waals surface area contributed by atoms with E-state index in [0.29, 0.717) is 0 Å². The lowest BCUT2D eigenvalue weighted by molar-refractivity contribution is -0.137. The second kappa shape index (κ2) is 17.0. The second-order valence-electron chi connectivity index (χ2n) is 5.92. The number of carbonyl (C=O) groups is 1. The van der Waals surface area contributed by atoms with Gasteiger partial charge < -0.3 is 10.2 Å². The SMILES string of the molecule is CCCCCC(O)C=CC=CCCCCC=CCCCC(=O)O. The van der Waals surface area contributed by atoms with Crippen molar-refractivity contribution in [1.82, 2.24) is 0 Å². The number of unbranched alkanes of at least 4 members (excludes halogenated alkanes) is 6. The van der Waals surface area contributed by atoms with Crippen LogP contribution >= 0.6 is 0 Å². The smallest absolute Gasteiger partial charge is 0.303 e. The third-order valence-corrected chi connectivity index (χ3v) is 3.60. The maximum Gasteiger partial charge on any atom is 0.303 e. The van der Waals surface area contributed by atoms with Crippen molar-refractivity contribution in [3.05, 3.63) is 36.5 Å². The first-order valence-electron chi connectivity index (χ1n) is 9.05. The van der Waals surface area contributed by atoms with E-state index in [1.54, 1.807) is 0 Å². The topological polar surface area (TPSA) is 57.5 Å². The van der Waals surface area contributed by atoms with Gasteiger partial charge in [-0.05, 0) is 44.9 Å². The number of aliphatic carboxylic acids is 1. The van der Waals surface area contributed by atoms with Crippen molar-refractivity contribution >= 4 is 5.97 Å². The normalized spacial score (nSPS) is 13.5. The lowest BCUT2D eigenvalue weighted by atomic mass is 10.1. The summed E-state index contributed by atoms with van der Waals surface area (Å²) in [6, 6.07) is 0. The molecule has 0 saturated heterocycles. The van der Waals surface area contributed by atoms with Crippen LogP contribution in [0.15, 0.2) is 36.5 Å². The highest BCUT2D eigenvalue weighted by molar-refractivity contribution is 5.66. The van der Waals surface area contributed by atoms with Crippen LogP contribution in [0.5, 0.6) is 0 Å². The lowest BCUT2D eigenvalue weighted by Crippen LogP contribution is -2.00. The predicted octanol–water partition coefficient (Wildman–Crippen LogP) is 5.41. The number of allylic oxidation sites excluding steroid dienone is 5. The van der Waals surface area contributed by atoms with Crippen LogP contribution in [0.2, 0.25) is 0 Å². The Bertz CT molecular complexity index is 356. The van der Waals surface area contributed by atoms with Gasteiger partial charge in [0.2, 0.25) is 0 Å². The molecule has 0 bridgehead atoms. The fourth-order valence-electron chi connectivity index (χ4n) is 2.20. The molecule has 3 nitrogen and oxygen atoms in total. The molecule has 1 atom stereocenters. The van der Waals surface area contributed by atoms with Crippen molar-refractivity contribution < 1.29 is 15.0 Å². The highest BCUT2D eigenvalue weighted by Gasteiger charge is 1.96. The number of aliphatic hydroxyl groups excluding tert-OH is 1. The largest absolute Gasteiger partial charge is 0.481 e. The maximum atomic E-state index is 10.3. The first-order valence-corrected chi connectivity index (χ1v) is 9.05. The number of hydrogen-bond acceptors (Lipinski definition) is 2. The first-order chi connectivity index (χ1) is 11.2.